The molecular formula is C14H20BrNO. The lowest BCUT2D eigenvalue weighted by Crippen LogP contribution is -2.14. The Labute approximate surface area is 112 Å². The number of halogens is 1. The van der Waals surface area contributed by atoms with Crippen LogP contribution in [0.3, 0.4) is 0 Å². The molecule has 0 saturated carbocycles. The lowest BCUT2D eigenvalue weighted by atomic mass is 9.95. The summed E-state index contributed by atoms with van der Waals surface area (Å²) in [6.07, 6.45) is 3.30. The Balaban J connectivity index is 2.60. The van der Waals surface area contributed by atoms with Gasteiger partial charge in [0.1, 0.15) is 5.75 Å². The maximum Gasteiger partial charge on any atom is 0.122 e. The summed E-state index contributed by atoms with van der Waals surface area (Å²) >= 11 is 3.69. The Morgan fingerprint density at radius 3 is 2.82 bits per heavy atom. The number of aryl methyl sites for hydroxylation is 1. The van der Waals surface area contributed by atoms with Crippen LogP contribution < -0.4 is 10.5 Å². The van der Waals surface area contributed by atoms with Gasteiger partial charge in [0, 0.05) is 16.1 Å². The van der Waals surface area contributed by atoms with Crippen molar-refractivity contribution < 1.29 is 4.74 Å². The summed E-state index contributed by atoms with van der Waals surface area (Å²) in [5.41, 5.74) is 10.1. The van der Waals surface area contributed by atoms with Gasteiger partial charge in [0.05, 0.1) is 7.11 Å². The fourth-order valence-corrected chi connectivity index (χ4v) is 3.36. The van der Waals surface area contributed by atoms with E-state index in [1.165, 1.54) is 23.1 Å². The molecule has 1 aromatic rings. The minimum atomic E-state index is 0.116. The predicted octanol–water partition coefficient (Wildman–Crippen LogP) is 3.74. The molecule has 94 valence electrons. The maximum atomic E-state index is 6.34. The van der Waals surface area contributed by atoms with Crippen LogP contribution in [0.1, 0.15) is 42.5 Å². The zero-order chi connectivity index (χ0) is 12.6. The van der Waals surface area contributed by atoms with Gasteiger partial charge in [-0.1, -0.05) is 22.9 Å². The topological polar surface area (TPSA) is 35.2 Å². The van der Waals surface area contributed by atoms with Crippen molar-refractivity contribution in [1.82, 2.24) is 0 Å². The largest absolute Gasteiger partial charge is 0.496 e. The summed E-state index contributed by atoms with van der Waals surface area (Å²) < 4.78 is 6.67. The molecule has 1 aliphatic rings. The third-order valence-corrected chi connectivity index (χ3v) is 4.74. The fraction of sp³-hybridized carbons (Fsp3) is 0.571. The maximum absolute atomic E-state index is 6.34. The van der Waals surface area contributed by atoms with Crippen molar-refractivity contribution in [2.45, 2.75) is 39.2 Å². The summed E-state index contributed by atoms with van der Waals surface area (Å²) in [7, 11) is 1.74. The molecule has 0 saturated heterocycles. The van der Waals surface area contributed by atoms with Gasteiger partial charge in [0.15, 0.2) is 0 Å². The Morgan fingerprint density at radius 1 is 1.47 bits per heavy atom. The number of rotatable bonds is 1. The van der Waals surface area contributed by atoms with Crippen molar-refractivity contribution in [2.24, 2.45) is 11.7 Å². The van der Waals surface area contributed by atoms with Crippen molar-refractivity contribution in [3.05, 3.63) is 27.2 Å². The molecule has 2 N–H and O–H groups in total. The molecular weight excluding hydrogens is 278 g/mol. The van der Waals surface area contributed by atoms with E-state index < -0.39 is 0 Å². The van der Waals surface area contributed by atoms with Gasteiger partial charge in [-0.25, -0.2) is 0 Å². The molecule has 3 heteroatoms. The second-order valence-electron chi connectivity index (χ2n) is 5.09. The van der Waals surface area contributed by atoms with E-state index in [0.717, 1.165) is 23.1 Å². The van der Waals surface area contributed by atoms with Gasteiger partial charge in [0.2, 0.25) is 0 Å². The molecule has 0 spiro atoms. The Morgan fingerprint density at radius 2 is 2.18 bits per heavy atom. The first-order valence-corrected chi connectivity index (χ1v) is 6.95. The van der Waals surface area contributed by atoms with Gasteiger partial charge in [-0.3, -0.25) is 0 Å². The van der Waals surface area contributed by atoms with E-state index in [4.69, 9.17) is 10.5 Å². The van der Waals surface area contributed by atoms with Crippen LogP contribution in [0.2, 0.25) is 0 Å². The molecule has 0 fully saturated rings. The first kappa shape index (κ1) is 12.9. The molecule has 2 rings (SSSR count). The van der Waals surface area contributed by atoms with Crippen molar-refractivity contribution >= 4 is 15.9 Å². The summed E-state index contributed by atoms with van der Waals surface area (Å²) in [5, 5.41) is 0. The van der Waals surface area contributed by atoms with E-state index >= 15 is 0 Å². The summed E-state index contributed by atoms with van der Waals surface area (Å²) in [5.74, 6) is 1.67. The number of fused-ring (bicyclic) bond motifs is 1. The SMILES string of the molecule is COc1cc(C)c(Br)c2c1CCC(C)CC2N. The van der Waals surface area contributed by atoms with Gasteiger partial charge in [-0.15, -0.1) is 0 Å². The van der Waals surface area contributed by atoms with Gasteiger partial charge in [-0.05, 0) is 49.3 Å². The lowest BCUT2D eigenvalue weighted by molar-refractivity contribution is 0.407. The zero-order valence-corrected chi connectivity index (χ0v) is 12.3. The molecule has 2 unspecified atom stereocenters. The molecule has 1 aliphatic carbocycles. The van der Waals surface area contributed by atoms with Crippen LogP contribution in [0.4, 0.5) is 0 Å². The molecule has 2 nitrogen and oxygen atoms in total. The van der Waals surface area contributed by atoms with Crippen LogP contribution in [0.5, 0.6) is 5.75 Å². The monoisotopic (exact) mass is 297 g/mol. The molecule has 0 heterocycles. The van der Waals surface area contributed by atoms with Crippen LogP contribution in [-0.2, 0) is 6.42 Å². The predicted molar refractivity (Wildman–Crippen MR) is 74.5 cm³/mol. The number of ether oxygens (including phenoxy) is 1. The molecule has 0 aromatic heterocycles. The van der Waals surface area contributed by atoms with Gasteiger partial charge in [0.25, 0.3) is 0 Å². The third-order valence-electron chi connectivity index (χ3n) is 3.69. The molecule has 17 heavy (non-hydrogen) atoms. The molecule has 0 radical (unpaired) electrons. The average Bonchev–Trinajstić information content (AvgIpc) is 2.43. The Kier molecular flexibility index (Phi) is 3.79. The number of methoxy groups -OCH3 is 1. The van der Waals surface area contributed by atoms with E-state index in [2.05, 4.69) is 35.8 Å². The molecule has 0 bridgehead atoms. The van der Waals surface area contributed by atoms with Gasteiger partial charge < -0.3 is 10.5 Å². The standard InChI is InChI=1S/C14H20BrNO/c1-8-4-5-10-12(17-3)7-9(2)14(15)13(10)11(16)6-8/h7-8,11H,4-6,16H2,1-3H3. The quantitative estimate of drug-likeness (QED) is 0.802. The highest BCUT2D eigenvalue weighted by molar-refractivity contribution is 9.10. The summed E-state index contributed by atoms with van der Waals surface area (Å²) in [6, 6.07) is 2.22. The van der Waals surface area contributed by atoms with E-state index in [-0.39, 0.29) is 6.04 Å². The van der Waals surface area contributed by atoms with Crippen LogP contribution in [0.25, 0.3) is 0 Å². The van der Waals surface area contributed by atoms with Crippen molar-refractivity contribution in [3.8, 4) is 5.75 Å². The van der Waals surface area contributed by atoms with Crippen LogP contribution in [0.15, 0.2) is 10.5 Å². The summed E-state index contributed by atoms with van der Waals surface area (Å²) in [6.45, 7) is 4.37. The smallest absolute Gasteiger partial charge is 0.122 e. The second-order valence-corrected chi connectivity index (χ2v) is 5.88. The normalized spacial score (nSPS) is 24.1. The second kappa shape index (κ2) is 4.99. The van der Waals surface area contributed by atoms with Crippen LogP contribution in [0, 0.1) is 12.8 Å². The van der Waals surface area contributed by atoms with E-state index in [1.807, 2.05) is 0 Å². The van der Waals surface area contributed by atoms with Crippen LogP contribution >= 0.6 is 15.9 Å². The minimum Gasteiger partial charge on any atom is -0.496 e. The van der Waals surface area contributed by atoms with Gasteiger partial charge >= 0.3 is 0 Å². The molecule has 2 atom stereocenters. The van der Waals surface area contributed by atoms with E-state index in [1.54, 1.807) is 7.11 Å². The minimum absolute atomic E-state index is 0.116. The lowest BCUT2D eigenvalue weighted by Gasteiger charge is -2.19. The van der Waals surface area contributed by atoms with Crippen molar-refractivity contribution in [2.75, 3.05) is 7.11 Å². The molecule has 1 aromatic carbocycles. The number of benzene rings is 1. The highest BCUT2D eigenvalue weighted by atomic mass is 79.9. The first-order valence-electron chi connectivity index (χ1n) is 6.16. The van der Waals surface area contributed by atoms with E-state index in [0.29, 0.717) is 5.92 Å². The van der Waals surface area contributed by atoms with Crippen LogP contribution in [-0.4, -0.2) is 7.11 Å². The number of hydrogen-bond acceptors (Lipinski definition) is 2. The number of hydrogen-bond donors (Lipinski definition) is 1. The summed E-state index contributed by atoms with van der Waals surface area (Å²) in [4.78, 5) is 0. The third kappa shape index (κ3) is 2.36. The fourth-order valence-electron chi connectivity index (χ4n) is 2.71. The molecule has 0 aliphatic heterocycles. The first-order chi connectivity index (χ1) is 8.04. The van der Waals surface area contributed by atoms with E-state index in [9.17, 15) is 0 Å². The van der Waals surface area contributed by atoms with Gasteiger partial charge in [-0.2, -0.15) is 0 Å². The van der Waals surface area contributed by atoms with Crippen molar-refractivity contribution in [3.63, 3.8) is 0 Å². The Hall–Kier alpha value is -0.540. The number of nitrogens with two attached hydrogens (primary N) is 1. The average molecular weight is 298 g/mol. The highest BCUT2D eigenvalue weighted by Crippen LogP contribution is 2.41. The highest BCUT2D eigenvalue weighted by Gasteiger charge is 2.25. The van der Waals surface area contributed by atoms with Crippen molar-refractivity contribution in [1.29, 1.82) is 0 Å². The molecule has 0 amide bonds. The zero-order valence-electron chi connectivity index (χ0n) is 10.7. The Bertz CT molecular complexity index is 431.